The van der Waals surface area contributed by atoms with Gasteiger partial charge < -0.3 is 19.6 Å². The van der Waals surface area contributed by atoms with Gasteiger partial charge in [-0.15, -0.1) is 0 Å². The number of aromatic amines is 1. The van der Waals surface area contributed by atoms with Crippen LogP contribution in [-0.4, -0.2) is 34.6 Å². The molecule has 5 aromatic rings. The largest absolute Gasteiger partial charge is 0.454 e. The summed E-state index contributed by atoms with van der Waals surface area (Å²) >= 11 is 0. The SMILES string of the molecule is CCS(=O)(=O)Nc1ccc(Oc2ccc(F)cc2F)c(-c2cn(C)c3c(=O)[nH]c(C(=O)NCc4cccnc4)cc23)c1. The van der Waals surface area contributed by atoms with Crippen molar-refractivity contribution in [2.45, 2.75) is 13.5 Å². The van der Waals surface area contributed by atoms with E-state index in [2.05, 4.69) is 20.0 Å². The van der Waals surface area contributed by atoms with Gasteiger partial charge in [0.1, 0.15) is 22.8 Å². The number of nitrogens with zero attached hydrogens (tertiary/aromatic N) is 2. The molecule has 0 aliphatic rings. The van der Waals surface area contributed by atoms with Gasteiger partial charge in [-0.3, -0.25) is 19.3 Å². The van der Waals surface area contributed by atoms with Crippen LogP contribution in [0.3, 0.4) is 0 Å². The van der Waals surface area contributed by atoms with E-state index < -0.39 is 33.1 Å². The fourth-order valence-electron chi connectivity index (χ4n) is 4.37. The highest BCUT2D eigenvalue weighted by molar-refractivity contribution is 7.92. The molecule has 0 unspecified atom stereocenters. The van der Waals surface area contributed by atoms with E-state index in [0.717, 1.165) is 17.7 Å². The molecule has 0 aliphatic heterocycles. The van der Waals surface area contributed by atoms with Gasteiger partial charge in [-0.2, -0.15) is 0 Å². The van der Waals surface area contributed by atoms with E-state index in [0.29, 0.717) is 17.0 Å². The molecule has 0 fully saturated rings. The summed E-state index contributed by atoms with van der Waals surface area (Å²) in [5.41, 5.74) is 1.31. The molecule has 0 atom stereocenters. The van der Waals surface area contributed by atoms with Crippen molar-refractivity contribution in [2.24, 2.45) is 7.05 Å². The van der Waals surface area contributed by atoms with Crippen molar-refractivity contribution in [3.05, 3.63) is 106 Å². The molecule has 3 N–H and O–H groups in total. The zero-order chi connectivity index (χ0) is 30.0. The molecule has 3 heterocycles. The summed E-state index contributed by atoms with van der Waals surface area (Å²) in [6.45, 7) is 1.66. The van der Waals surface area contributed by atoms with E-state index in [1.54, 1.807) is 42.3 Å². The maximum Gasteiger partial charge on any atom is 0.273 e. The van der Waals surface area contributed by atoms with Crippen molar-refractivity contribution < 1.29 is 26.7 Å². The van der Waals surface area contributed by atoms with E-state index in [1.807, 2.05) is 0 Å². The lowest BCUT2D eigenvalue weighted by molar-refractivity contribution is 0.0946. The Hall–Kier alpha value is -5.04. The Morgan fingerprint density at radius 2 is 1.86 bits per heavy atom. The number of nitrogens with one attached hydrogen (secondary N) is 3. The van der Waals surface area contributed by atoms with Crippen molar-refractivity contribution in [3.63, 3.8) is 0 Å². The number of ether oxygens (including phenoxy) is 1. The van der Waals surface area contributed by atoms with E-state index in [1.165, 1.54) is 31.2 Å². The number of aryl methyl sites for hydroxylation is 1. The maximum absolute atomic E-state index is 14.5. The van der Waals surface area contributed by atoms with Crippen molar-refractivity contribution >= 4 is 32.5 Å². The summed E-state index contributed by atoms with van der Waals surface area (Å²) in [7, 11) is -2.02. The molecule has 0 radical (unpaired) electrons. The predicted octanol–water partition coefficient (Wildman–Crippen LogP) is 4.69. The van der Waals surface area contributed by atoms with E-state index >= 15 is 0 Å². The second kappa shape index (κ2) is 11.4. The number of fused-ring (bicyclic) bond motifs is 1. The van der Waals surface area contributed by atoms with Crippen LogP contribution in [0.2, 0.25) is 0 Å². The lowest BCUT2D eigenvalue weighted by Crippen LogP contribution is -2.26. The van der Waals surface area contributed by atoms with Gasteiger partial charge in [-0.25, -0.2) is 17.2 Å². The summed E-state index contributed by atoms with van der Waals surface area (Å²) in [6.07, 6.45) is 4.82. The number of rotatable bonds is 9. The minimum atomic E-state index is -3.66. The summed E-state index contributed by atoms with van der Waals surface area (Å²) < 4.78 is 62.4. The molecule has 42 heavy (non-hydrogen) atoms. The van der Waals surface area contributed by atoms with Gasteiger partial charge in [0.2, 0.25) is 10.0 Å². The Bertz CT molecular complexity index is 1970. The van der Waals surface area contributed by atoms with Crippen LogP contribution in [0, 0.1) is 11.6 Å². The number of halogens is 2. The fraction of sp³-hybridized carbons (Fsp3) is 0.138. The average molecular weight is 594 g/mol. The highest BCUT2D eigenvalue weighted by Gasteiger charge is 2.21. The minimum Gasteiger partial charge on any atom is -0.454 e. The summed E-state index contributed by atoms with van der Waals surface area (Å²) in [5, 5.41) is 3.09. The number of anilines is 1. The number of carbonyl (C=O) groups excluding carboxylic acids is 1. The van der Waals surface area contributed by atoms with Crippen molar-refractivity contribution in [3.8, 4) is 22.6 Å². The molecule has 13 heteroatoms. The van der Waals surface area contributed by atoms with E-state index in [-0.39, 0.29) is 46.3 Å². The molecule has 10 nitrogen and oxygen atoms in total. The molecule has 0 spiro atoms. The first-order valence-electron chi connectivity index (χ1n) is 12.7. The fourth-order valence-corrected chi connectivity index (χ4v) is 5.00. The summed E-state index contributed by atoms with van der Waals surface area (Å²) in [4.78, 5) is 32.7. The Labute approximate surface area is 239 Å². The predicted molar refractivity (Wildman–Crippen MR) is 154 cm³/mol. The zero-order valence-electron chi connectivity index (χ0n) is 22.4. The number of amides is 1. The number of sulfonamides is 1. The number of benzene rings is 2. The van der Waals surface area contributed by atoms with Crippen LogP contribution in [0.1, 0.15) is 23.0 Å². The van der Waals surface area contributed by atoms with Gasteiger partial charge in [-0.05, 0) is 55.0 Å². The Kier molecular flexibility index (Phi) is 7.77. The first-order valence-corrected chi connectivity index (χ1v) is 14.4. The maximum atomic E-state index is 14.5. The smallest absolute Gasteiger partial charge is 0.273 e. The van der Waals surface area contributed by atoms with Crippen LogP contribution in [0.5, 0.6) is 11.5 Å². The first kappa shape index (κ1) is 28.5. The van der Waals surface area contributed by atoms with Crippen LogP contribution in [-0.2, 0) is 23.6 Å². The molecule has 1 amide bonds. The van der Waals surface area contributed by atoms with Crippen molar-refractivity contribution in [1.82, 2.24) is 19.9 Å². The topological polar surface area (TPSA) is 135 Å². The molecule has 0 aliphatic carbocycles. The van der Waals surface area contributed by atoms with Gasteiger partial charge in [-0.1, -0.05) is 6.07 Å². The lowest BCUT2D eigenvalue weighted by Gasteiger charge is -2.14. The second-order valence-corrected chi connectivity index (χ2v) is 11.4. The van der Waals surface area contributed by atoms with Gasteiger partial charge in [0.25, 0.3) is 11.5 Å². The molecule has 216 valence electrons. The number of carbonyl (C=O) groups is 1. The van der Waals surface area contributed by atoms with Gasteiger partial charge in [0.05, 0.1) is 5.75 Å². The number of aromatic nitrogens is 3. The first-order chi connectivity index (χ1) is 20.0. The van der Waals surface area contributed by atoms with Crippen LogP contribution in [0.15, 0.2) is 78.0 Å². The quantitative estimate of drug-likeness (QED) is 0.227. The third kappa shape index (κ3) is 6.00. The van der Waals surface area contributed by atoms with Crippen LogP contribution in [0.4, 0.5) is 14.5 Å². The Balaban J connectivity index is 1.62. The molecule has 3 aromatic heterocycles. The molecular formula is C29H25F2N5O5S. The van der Waals surface area contributed by atoms with Crippen LogP contribution in [0.25, 0.3) is 22.0 Å². The number of pyridine rings is 2. The third-order valence-electron chi connectivity index (χ3n) is 6.43. The standard InChI is InChI=1S/C29H25F2N5O5S/c1-3-42(39,40)35-19-7-9-25(41-26-8-6-18(30)11-23(26)31)20(12-19)22-16-36(2)27-21(22)13-24(34-29(27)38)28(37)33-15-17-5-4-10-32-14-17/h4-14,16,35H,3,15H2,1-2H3,(H,33,37)(H,34,38). The summed E-state index contributed by atoms with van der Waals surface area (Å²) in [6, 6.07) is 12.2. The zero-order valence-corrected chi connectivity index (χ0v) is 23.3. The van der Waals surface area contributed by atoms with Crippen molar-refractivity contribution in [1.29, 1.82) is 0 Å². The number of H-pyrrole nitrogens is 1. The van der Waals surface area contributed by atoms with Gasteiger partial charge >= 0.3 is 0 Å². The molecule has 0 saturated heterocycles. The molecule has 2 aromatic carbocycles. The van der Waals surface area contributed by atoms with Crippen molar-refractivity contribution in [2.75, 3.05) is 10.5 Å². The van der Waals surface area contributed by atoms with Crippen LogP contribution < -0.4 is 20.3 Å². The minimum absolute atomic E-state index is 0.0151. The lowest BCUT2D eigenvalue weighted by atomic mass is 10.0. The Morgan fingerprint density at radius 1 is 1.07 bits per heavy atom. The number of hydrogen-bond donors (Lipinski definition) is 3. The normalized spacial score (nSPS) is 11.4. The van der Waals surface area contributed by atoms with Crippen LogP contribution >= 0.6 is 0 Å². The third-order valence-corrected chi connectivity index (χ3v) is 7.74. The number of hydrogen-bond acceptors (Lipinski definition) is 6. The van der Waals surface area contributed by atoms with E-state index in [9.17, 15) is 26.8 Å². The highest BCUT2D eigenvalue weighted by atomic mass is 32.2. The van der Waals surface area contributed by atoms with E-state index in [4.69, 9.17) is 4.74 Å². The monoisotopic (exact) mass is 593 g/mol. The van der Waals surface area contributed by atoms with Gasteiger partial charge in [0, 0.05) is 60.4 Å². The molecular weight excluding hydrogens is 568 g/mol. The summed E-state index contributed by atoms with van der Waals surface area (Å²) in [5.74, 6) is -2.63. The Morgan fingerprint density at radius 3 is 2.57 bits per heavy atom. The molecule has 5 rings (SSSR count). The average Bonchev–Trinajstić information content (AvgIpc) is 3.30. The second-order valence-electron chi connectivity index (χ2n) is 9.37. The van der Waals surface area contributed by atoms with Gasteiger partial charge in [0.15, 0.2) is 11.6 Å². The molecule has 0 bridgehead atoms. The molecule has 0 saturated carbocycles. The highest BCUT2D eigenvalue weighted by Crippen LogP contribution is 2.40.